The van der Waals surface area contributed by atoms with Gasteiger partial charge in [0.15, 0.2) is 5.78 Å². The Morgan fingerprint density at radius 2 is 1.81 bits per heavy atom. The van der Waals surface area contributed by atoms with Crippen LogP contribution in [-0.4, -0.2) is 18.2 Å². The molecule has 2 N–H and O–H groups in total. The van der Waals surface area contributed by atoms with Crippen LogP contribution in [0.25, 0.3) is 0 Å². The van der Waals surface area contributed by atoms with Crippen molar-refractivity contribution < 1.29 is 14.0 Å². The van der Waals surface area contributed by atoms with E-state index in [0.29, 0.717) is 11.3 Å². The average molecular weight is 348 g/mol. The highest BCUT2D eigenvalue weighted by Crippen LogP contribution is 2.22. The number of carbonyl (C=O) groups excluding carboxylic acids is 2. The molecule has 3 aromatic rings. The fourth-order valence-electron chi connectivity index (χ4n) is 2.73. The molecule has 0 radical (unpaired) electrons. The van der Waals surface area contributed by atoms with Gasteiger partial charge in [-0.1, -0.05) is 42.5 Å². The smallest absolute Gasteiger partial charge is 0.238 e. The van der Waals surface area contributed by atoms with Crippen molar-refractivity contribution in [3.63, 3.8) is 0 Å². The van der Waals surface area contributed by atoms with Crippen LogP contribution < -0.4 is 10.6 Å². The zero-order chi connectivity index (χ0) is 18.4. The molecule has 1 aromatic heterocycles. The van der Waals surface area contributed by atoms with Crippen molar-refractivity contribution >= 4 is 17.4 Å². The van der Waals surface area contributed by atoms with Crippen LogP contribution in [0, 0.1) is 0 Å². The molecule has 0 fully saturated rings. The zero-order valence-electron chi connectivity index (χ0n) is 14.4. The van der Waals surface area contributed by atoms with Crippen LogP contribution in [0.2, 0.25) is 0 Å². The Morgan fingerprint density at radius 1 is 1.00 bits per heavy atom. The third kappa shape index (κ3) is 4.46. The second-order valence-electron chi connectivity index (χ2n) is 5.97. The maximum Gasteiger partial charge on any atom is 0.238 e. The number of benzene rings is 2. The summed E-state index contributed by atoms with van der Waals surface area (Å²) in [4.78, 5) is 23.8. The first kappa shape index (κ1) is 17.6. The fourth-order valence-corrected chi connectivity index (χ4v) is 2.73. The molecule has 1 atom stereocenters. The first-order valence-corrected chi connectivity index (χ1v) is 8.35. The normalized spacial score (nSPS) is 11.7. The molecular weight excluding hydrogens is 328 g/mol. The van der Waals surface area contributed by atoms with Gasteiger partial charge >= 0.3 is 0 Å². The monoisotopic (exact) mass is 348 g/mol. The average Bonchev–Trinajstić information content (AvgIpc) is 3.17. The van der Waals surface area contributed by atoms with E-state index in [0.717, 1.165) is 11.1 Å². The van der Waals surface area contributed by atoms with E-state index in [9.17, 15) is 9.59 Å². The molecule has 0 saturated heterocycles. The summed E-state index contributed by atoms with van der Waals surface area (Å²) in [5.41, 5.74) is 3.16. The van der Waals surface area contributed by atoms with Gasteiger partial charge in [0.1, 0.15) is 0 Å². The van der Waals surface area contributed by atoms with E-state index in [2.05, 4.69) is 10.6 Å². The third-order valence-electron chi connectivity index (χ3n) is 4.03. The van der Waals surface area contributed by atoms with Crippen LogP contribution in [0.3, 0.4) is 0 Å². The van der Waals surface area contributed by atoms with E-state index in [1.165, 1.54) is 6.92 Å². The highest BCUT2D eigenvalue weighted by atomic mass is 16.3. The van der Waals surface area contributed by atoms with Crippen LogP contribution in [0.15, 0.2) is 77.6 Å². The minimum absolute atomic E-state index is 0.0386. The summed E-state index contributed by atoms with van der Waals surface area (Å²) in [6.07, 6.45) is 3.28. The molecule has 0 aliphatic carbocycles. The standard InChI is InChI=1S/C21H20N2O3/c1-15(24)17-8-5-9-19(12-17)23-20(25)13-22-21(18-10-11-26-14-18)16-6-3-2-4-7-16/h2-12,14,21-22H,13H2,1H3,(H,23,25). The summed E-state index contributed by atoms with van der Waals surface area (Å²) in [5.74, 6) is -0.224. The van der Waals surface area contributed by atoms with Crippen LogP contribution in [-0.2, 0) is 4.79 Å². The largest absolute Gasteiger partial charge is 0.472 e. The van der Waals surface area contributed by atoms with E-state index in [4.69, 9.17) is 4.42 Å². The number of ketones is 1. The van der Waals surface area contributed by atoms with E-state index < -0.39 is 0 Å². The molecule has 132 valence electrons. The quantitative estimate of drug-likeness (QED) is 0.637. The number of hydrogen-bond acceptors (Lipinski definition) is 4. The number of carbonyl (C=O) groups is 2. The Bertz CT molecular complexity index is 873. The van der Waals surface area contributed by atoms with Crippen LogP contribution >= 0.6 is 0 Å². The van der Waals surface area contributed by atoms with Gasteiger partial charge in [0, 0.05) is 16.8 Å². The molecule has 0 spiro atoms. The number of furan rings is 1. The van der Waals surface area contributed by atoms with Crippen molar-refractivity contribution in [1.82, 2.24) is 5.32 Å². The summed E-state index contributed by atoms with van der Waals surface area (Å²) in [6, 6.07) is 18.5. The topological polar surface area (TPSA) is 71.3 Å². The molecule has 0 bridgehead atoms. The summed E-state index contributed by atoms with van der Waals surface area (Å²) < 4.78 is 5.18. The van der Waals surface area contributed by atoms with E-state index >= 15 is 0 Å². The second-order valence-corrected chi connectivity index (χ2v) is 5.97. The Morgan fingerprint density at radius 3 is 2.50 bits per heavy atom. The van der Waals surface area contributed by atoms with Crippen molar-refractivity contribution in [2.75, 3.05) is 11.9 Å². The SMILES string of the molecule is CC(=O)c1cccc(NC(=O)CNC(c2ccccc2)c2ccoc2)c1. The maximum absolute atomic E-state index is 12.3. The molecule has 26 heavy (non-hydrogen) atoms. The maximum atomic E-state index is 12.3. The Kier molecular flexibility index (Phi) is 5.61. The number of amides is 1. The molecule has 0 aliphatic heterocycles. The Hall–Kier alpha value is -3.18. The fraction of sp³-hybridized carbons (Fsp3) is 0.143. The summed E-state index contributed by atoms with van der Waals surface area (Å²) in [6.45, 7) is 1.62. The van der Waals surface area contributed by atoms with Gasteiger partial charge in [-0.3, -0.25) is 14.9 Å². The predicted octanol–water partition coefficient (Wildman–Crippen LogP) is 3.80. The van der Waals surface area contributed by atoms with Gasteiger partial charge in [-0.05, 0) is 30.7 Å². The minimum Gasteiger partial charge on any atom is -0.472 e. The van der Waals surface area contributed by atoms with Crippen LogP contribution in [0.5, 0.6) is 0 Å². The van der Waals surface area contributed by atoms with Crippen molar-refractivity contribution in [2.45, 2.75) is 13.0 Å². The number of anilines is 1. The van der Waals surface area contributed by atoms with Gasteiger partial charge in [-0.25, -0.2) is 0 Å². The van der Waals surface area contributed by atoms with Crippen molar-refractivity contribution in [3.8, 4) is 0 Å². The molecule has 1 heterocycles. The molecular formula is C21H20N2O3. The van der Waals surface area contributed by atoms with E-state index in [1.807, 2.05) is 36.4 Å². The number of nitrogens with one attached hydrogen (secondary N) is 2. The van der Waals surface area contributed by atoms with Crippen molar-refractivity contribution in [2.24, 2.45) is 0 Å². The first-order chi connectivity index (χ1) is 12.6. The second kappa shape index (κ2) is 8.27. The highest BCUT2D eigenvalue weighted by Gasteiger charge is 2.16. The van der Waals surface area contributed by atoms with E-state index in [-0.39, 0.29) is 24.3 Å². The number of rotatable bonds is 7. The third-order valence-corrected chi connectivity index (χ3v) is 4.03. The lowest BCUT2D eigenvalue weighted by Crippen LogP contribution is -2.31. The predicted molar refractivity (Wildman–Crippen MR) is 100 cm³/mol. The van der Waals surface area contributed by atoms with Crippen molar-refractivity contribution in [3.05, 3.63) is 89.9 Å². The highest BCUT2D eigenvalue weighted by molar-refractivity contribution is 5.97. The van der Waals surface area contributed by atoms with Gasteiger partial charge in [0.25, 0.3) is 0 Å². The summed E-state index contributed by atoms with van der Waals surface area (Å²) >= 11 is 0. The molecule has 1 amide bonds. The Balaban J connectivity index is 1.67. The van der Waals surface area contributed by atoms with Crippen LogP contribution in [0.4, 0.5) is 5.69 Å². The number of hydrogen-bond donors (Lipinski definition) is 2. The lowest BCUT2D eigenvalue weighted by atomic mass is 10.0. The van der Waals surface area contributed by atoms with Gasteiger partial charge in [0.05, 0.1) is 25.1 Å². The molecule has 5 heteroatoms. The molecule has 2 aromatic carbocycles. The lowest BCUT2D eigenvalue weighted by molar-refractivity contribution is -0.115. The van der Waals surface area contributed by atoms with Gasteiger partial charge in [-0.2, -0.15) is 0 Å². The molecule has 0 saturated carbocycles. The lowest BCUT2D eigenvalue weighted by Gasteiger charge is -2.18. The summed E-state index contributed by atoms with van der Waals surface area (Å²) in [5, 5.41) is 6.07. The van der Waals surface area contributed by atoms with Crippen LogP contribution in [0.1, 0.15) is 34.5 Å². The first-order valence-electron chi connectivity index (χ1n) is 8.35. The number of Topliss-reactive ketones (excluding diaryl/α,β-unsaturated/α-hetero) is 1. The van der Waals surface area contributed by atoms with Gasteiger partial charge in [0.2, 0.25) is 5.91 Å². The zero-order valence-corrected chi connectivity index (χ0v) is 14.4. The molecule has 1 unspecified atom stereocenters. The van der Waals surface area contributed by atoms with Crippen molar-refractivity contribution in [1.29, 1.82) is 0 Å². The van der Waals surface area contributed by atoms with Gasteiger partial charge < -0.3 is 9.73 Å². The molecule has 3 rings (SSSR count). The Labute approximate surface area is 152 Å². The van der Waals surface area contributed by atoms with Gasteiger partial charge in [-0.15, -0.1) is 0 Å². The van der Waals surface area contributed by atoms with E-state index in [1.54, 1.807) is 36.8 Å². The minimum atomic E-state index is -0.185. The molecule has 0 aliphatic rings. The molecule has 5 nitrogen and oxygen atoms in total. The summed E-state index contributed by atoms with van der Waals surface area (Å²) in [7, 11) is 0.